The molecule has 15 heavy (non-hydrogen) atoms. The van der Waals surface area contributed by atoms with E-state index in [1.807, 2.05) is 0 Å². The van der Waals surface area contributed by atoms with Gasteiger partial charge in [0.15, 0.2) is 6.29 Å². The number of amides is 1. The van der Waals surface area contributed by atoms with Crippen molar-refractivity contribution in [3.8, 4) is 0 Å². The predicted molar refractivity (Wildman–Crippen MR) is 47.6 cm³/mol. The molecule has 0 saturated carbocycles. The molecule has 1 unspecified atom stereocenters. The topological polar surface area (TPSA) is 119 Å². The van der Waals surface area contributed by atoms with E-state index < -0.39 is 43.2 Å². The fourth-order valence-electron chi connectivity index (χ4n) is 1.49. The third-order valence-electron chi connectivity index (χ3n) is 2.27. The summed E-state index contributed by atoms with van der Waals surface area (Å²) in [6.07, 6.45) is -5.24. The molecule has 0 radical (unpaired) electrons. The first kappa shape index (κ1) is 12.3. The molecule has 1 amide bonds. The van der Waals surface area contributed by atoms with Crippen molar-refractivity contribution in [2.45, 2.75) is 37.6 Å². The number of carbonyl (C=O) groups is 1. The van der Waals surface area contributed by atoms with Gasteiger partial charge in [-0.15, -0.1) is 0 Å². The van der Waals surface area contributed by atoms with Gasteiger partial charge in [0.1, 0.15) is 24.4 Å². The maximum atomic E-state index is 10.7. The van der Waals surface area contributed by atoms with Gasteiger partial charge in [-0.2, -0.15) is 0 Å². The summed E-state index contributed by atoms with van der Waals surface area (Å²) in [5.41, 5.74) is 0. The van der Waals surface area contributed by atoms with E-state index >= 15 is 0 Å². The summed E-state index contributed by atoms with van der Waals surface area (Å²) < 4.78 is 4.81. The molecule has 1 aliphatic rings. The predicted octanol–water partition coefficient (Wildman–Crippen LogP) is -3.08. The van der Waals surface area contributed by atoms with Gasteiger partial charge in [0.25, 0.3) is 0 Å². The van der Waals surface area contributed by atoms with Crippen molar-refractivity contribution >= 4 is 5.91 Å². The van der Waals surface area contributed by atoms with Crippen molar-refractivity contribution in [2.24, 2.45) is 0 Å². The van der Waals surface area contributed by atoms with E-state index in [1.54, 1.807) is 0 Å². The molecule has 1 fully saturated rings. The lowest BCUT2D eigenvalue weighted by molar-refractivity contribution is -0.253. The summed E-state index contributed by atoms with van der Waals surface area (Å²) in [5.74, 6) is -0.462. The minimum Gasteiger partial charge on any atom is -0.394 e. The van der Waals surface area contributed by atoms with Crippen LogP contribution in [0.25, 0.3) is 0 Å². The molecule has 0 aromatic heterocycles. The van der Waals surface area contributed by atoms with Crippen LogP contribution < -0.4 is 5.32 Å². The Hall–Kier alpha value is -0.730. The van der Waals surface area contributed by atoms with Gasteiger partial charge in [0.05, 0.1) is 6.61 Å². The Bertz CT molecular complexity index is 235. The van der Waals surface area contributed by atoms with Gasteiger partial charge in [-0.3, -0.25) is 4.79 Å². The molecule has 7 heteroatoms. The van der Waals surface area contributed by atoms with Crippen LogP contribution in [0.4, 0.5) is 0 Å². The molecular formula is C8H15NO6. The highest BCUT2D eigenvalue weighted by molar-refractivity contribution is 5.73. The van der Waals surface area contributed by atoms with Crippen molar-refractivity contribution in [2.75, 3.05) is 6.61 Å². The van der Waals surface area contributed by atoms with Crippen LogP contribution in [0, 0.1) is 0 Å². The van der Waals surface area contributed by atoms with Crippen molar-refractivity contribution in [1.82, 2.24) is 5.32 Å². The van der Waals surface area contributed by atoms with Crippen LogP contribution in [-0.2, 0) is 9.53 Å². The van der Waals surface area contributed by atoms with Gasteiger partial charge in [-0.1, -0.05) is 0 Å². The summed E-state index contributed by atoms with van der Waals surface area (Å²) in [6.45, 7) is 0.687. The Morgan fingerprint density at radius 2 is 1.93 bits per heavy atom. The Kier molecular flexibility index (Phi) is 4.00. The largest absolute Gasteiger partial charge is 0.394 e. The second-order valence-corrected chi connectivity index (χ2v) is 3.46. The first-order valence-electron chi connectivity index (χ1n) is 4.55. The molecule has 1 rings (SSSR count). The van der Waals surface area contributed by atoms with Crippen LogP contribution in [0.1, 0.15) is 6.92 Å². The molecular weight excluding hydrogens is 214 g/mol. The van der Waals surface area contributed by atoms with Gasteiger partial charge in [-0.05, 0) is 0 Å². The average Bonchev–Trinajstić information content (AvgIpc) is 2.18. The maximum Gasteiger partial charge on any atom is 0.217 e. The Morgan fingerprint density at radius 1 is 1.33 bits per heavy atom. The number of hydrogen-bond donors (Lipinski definition) is 5. The van der Waals surface area contributed by atoms with E-state index in [-0.39, 0.29) is 0 Å². The minimum absolute atomic E-state index is 0.462. The van der Waals surface area contributed by atoms with E-state index in [4.69, 9.17) is 9.84 Å². The van der Waals surface area contributed by atoms with Gasteiger partial charge >= 0.3 is 0 Å². The smallest absolute Gasteiger partial charge is 0.217 e. The molecule has 0 aromatic carbocycles. The molecule has 1 heterocycles. The molecule has 7 nitrogen and oxygen atoms in total. The summed E-state index contributed by atoms with van der Waals surface area (Å²) >= 11 is 0. The number of hydrogen-bond acceptors (Lipinski definition) is 6. The van der Waals surface area contributed by atoms with E-state index in [0.29, 0.717) is 0 Å². The number of aliphatic hydroxyl groups is 4. The summed E-state index contributed by atoms with van der Waals surface area (Å²) in [6, 6.07) is -1.10. The van der Waals surface area contributed by atoms with Crippen molar-refractivity contribution < 1.29 is 30.0 Å². The Labute approximate surface area is 86.3 Å². The fraction of sp³-hybridized carbons (Fsp3) is 0.875. The highest BCUT2D eigenvalue weighted by Gasteiger charge is 2.43. The molecule has 0 bridgehead atoms. The number of aliphatic hydroxyl groups excluding tert-OH is 4. The SMILES string of the molecule is [13CH3][13C](=O)N[13C@H]1[13CH](O)O[13C@H]([13CH2]O)[13C@@H](O)[13C@@H]1O. The second kappa shape index (κ2) is 4.86. The number of carbonyl (C=O) groups excluding carboxylic acids is 1. The summed E-state index contributed by atoms with van der Waals surface area (Å²) in [5, 5.41) is 39.4. The van der Waals surface area contributed by atoms with Gasteiger partial charge in [0, 0.05) is 6.92 Å². The van der Waals surface area contributed by atoms with Crippen molar-refractivity contribution in [3.63, 3.8) is 0 Å². The number of rotatable bonds is 2. The van der Waals surface area contributed by atoms with Crippen LogP contribution in [0.15, 0.2) is 0 Å². The fourth-order valence-corrected chi connectivity index (χ4v) is 1.49. The molecule has 0 spiro atoms. The molecule has 1 aliphatic heterocycles. The third kappa shape index (κ3) is 2.64. The Morgan fingerprint density at radius 3 is 2.40 bits per heavy atom. The lowest BCUT2D eigenvalue weighted by atomic mass is 10.9. The highest BCUT2D eigenvalue weighted by Crippen LogP contribution is 2.19. The molecule has 0 aromatic rings. The zero-order chi connectivity index (χ0) is 11.6. The Balaban J connectivity index is 2.70. The zero-order valence-electron chi connectivity index (χ0n) is 8.20. The van der Waals surface area contributed by atoms with Crippen LogP contribution >= 0.6 is 0 Å². The van der Waals surface area contributed by atoms with Crippen LogP contribution in [0.2, 0.25) is 0 Å². The lowest BCUT2D eigenvalue weighted by Gasteiger charge is -2.40. The van der Waals surface area contributed by atoms with Crippen LogP contribution in [0.3, 0.4) is 0 Å². The van der Waals surface area contributed by atoms with Gasteiger partial charge in [0.2, 0.25) is 5.91 Å². The van der Waals surface area contributed by atoms with E-state index in [9.17, 15) is 20.1 Å². The van der Waals surface area contributed by atoms with Crippen molar-refractivity contribution in [3.05, 3.63) is 0 Å². The minimum atomic E-state index is -1.45. The normalized spacial score (nSPS) is 41.3. The van der Waals surface area contributed by atoms with Crippen molar-refractivity contribution in [1.29, 1.82) is 0 Å². The highest BCUT2D eigenvalue weighted by atomic mass is 16.8. The first-order chi connectivity index (χ1) is 6.97. The zero-order valence-corrected chi connectivity index (χ0v) is 8.20. The van der Waals surface area contributed by atoms with Crippen LogP contribution in [-0.4, -0.2) is 63.6 Å². The summed E-state index contributed by atoms with van der Waals surface area (Å²) in [4.78, 5) is 10.7. The first-order valence-corrected chi connectivity index (χ1v) is 4.55. The molecule has 1 saturated heterocycles. The summed E-state index contributed by atoms with van der Waals surface area (Å²) in [7, 11) is 0. The molecule has 0 aliphatic carbocycles. The lowest BCUT2D eigenvalue weighted by Crippen LogP contribution is -2.63. The van der Waals surface area contributed by atoms with Crippen LogP contribution in [0.5, 0.6) is 0 Å². The number of ether oxygens (including phenoxy) is 1. The third-order valence-corrected chi connectivity index (χ3v) is 2.27. The van der Waals surface area contributed by atoms with Gasteiger partial charge < -0.3 is 30.5 Å². The number of nitrogens with one attached hydrogen (secondary N) is 1. The molecule has 88 valence electrons. The molecule has 5 N–H and O–H groups in total. The second-order valence-electron chi connectivity index (χ2n) is 3.46. The van der Waals surface area contributed by atoms with E-state index in [2.05, 4.69) is 5.32 Å². The standard InChI is InChI=1S/C8H15NO6/c1-3(11)9-5-7(13)6(12)4(2-10)15-8(5)14/h4-8,10,12-14H,2H2,1H3,(H,9,11)/t4-,5-,6-,7-,8?/m1/s1/i1+1,2+1,3+1,4+1,5+1,6+1,7+1,8+1. The van der Waals surface area contributed by atoms with E-state index in [1.165, 1.54) is 6.92 Å². The van der Waals surface area contributed by atoms with E-state index in [0.717, 1.165) is 0 Å². The molecule has 5 atom stereocenters. The average molecular weight is 229 g/mol. The van der Waals surface area contributed by atoms with Gasteiger partial charge in [-0.25, -0.2) is 0 Å². The quantitative estimate of drug-likeness (QED) is 0.320. The monoisotopic (exact) mass is 229 g/mol. The maximum absolute atomic E-state index is 10.7.